The second-order valence-corrected chi connectivity index (χ2v) is 7.23. The van der Waals surface area contributed by atoms with Gasteiger partial charge in [0.15, 0.2) is 0 Å². The van der Waals surface area contributed by atoms with Crippen LogP contribution in [0.2, 0.25) is 0 Å². The van der Waals surface area contributed by atoms with Crippen LogP contribution in [0.1, 0.15) is 46.5 Å². The lowest BCUT2D eigenvalue weighted by Gasteiger charge is -2.61. The van der Waals surface area contributed by atoms with Crippen molar-refractivity contribution < 1.29 is 9.53 Å². The van der Waals surface area contributed by atoms with Gasteiger partial charge in [-0.15, -0.1) is 0 Å². The fourth-order valence-corrected chi connectivity index (χ4v) is 4.23. The number of fused-ring (bicyclic) bond motifs is 1. The van der Waals surface area contributed by atoms with Crippen LogP contribution in [0.15, 0.2) is 0 Å². The van der Waals surface area contributed by atoms with Crippen molar-refractivity contribution in [1.82, 2.24) is 5.32 Å². The molecule has 4 atom stereocenters. The second-order valence-electron chi connectivity index (χ2n) is 7.23. The summed E-state index contributed by atoms with van der Waals surface area (Å²) in [6.45, 7) is 6.97. The number of rotatable bonds is 3. The van der Waals surface area contributed by atoms with Crippen molar-refractivity contribution in [2.24, 2.45) is 23.0 Å². The molecule has 3 N–H and O–H groups in total. The normalized spacial score (nSPS) is 41.9. The lowest BCUT2D eigenvalue weighted by Crippen LogP contribution is -2.80. The van der Waals surface area contributed by atoms with Gasteiger partial charge in [0.2, 0.25) is 5.91 Å². The monoisotopic (exact) mass is 266 g/mol. The van der Waals surface area contributed by atoms with E-state index in [9.17, 15) is 4.79 Å². The summed E-state index contributed by atoms with van der Waals surface area (Å²) < 4.78 is 5.74. The standard InChI is InChI=1S/C15H26N2O2/c1-9(10-5-4-6-10)17-13(18)15(16)11-7-8-19-12(11)14(15,2)3/h9-12H,4-8,16H2,1-3H3,(H,17,18). The summed E-state index contributed by atoms with van der Waals surface area (Å²) in [6.07, 6.45) is 4.83. The third kappa shape index (κ3) is 1.62. The second kappa shape index (κ2) is 4.19. The number of nitrogens with one attached hydrogen (secondary N) is 1. The molecule has 0 aromatic rings. The molecule has 1 amide bonds. The van der Waals surface area contributed by atoms with Crippen molar-refractivity contribution in [3.8, 4) is 0 Å². The molecule has 4 unspecified atom stereocenters. The highest BCUT2D eigenvalue weighted by Gasteiger charge is 2.71. The van der Waals surface area contributed by atoms with Crippen molar-refractivity contribution >= 4 is 5.91 Å². The van der Waals surface area contributed by atoms with Gasteiger partial charge in [-0.3, -0.25) is 4.79 Å². The van der Waals surface area contributed by atoms with Gasteiger partial charge < -0.3 is 15.8 Å². The van der Waals surface area contributed by atoms with E-state index in [-0.39, 0.29) is 29.4 Å². The molecule has 0 bridgehead atoms. The molecule has 3 aliphatic rings. The number of carbonyl (C=O) groups excluding carboxylic acids is 1. The van der Waals surface area contributed by atoms with Gasteiger partial charge >= 0.3 is 0 Å². The predicted octanol–water partition coefficient (Wildman–Crippen LogP) is 1.43. The average Bonchev–Trinajstić information content (AvgIpc) is 2.72. The SMILES string of the molecule is CC(NC(=O)C1(N)C2CCOC2C1(C)C)C1CCC1. The first-order valence-corrected chi connectivity index (χ1v) is 7.60. The molecule has 0 radical (unpaired) electrons. The van der Waals surface area contributed by atoms with Crippen LogP contribution in [0, 0.1) is 17.3 Å². The Morgan fingerprint density at radius 1 is 1.37 bits per heavy atom. The van der Waals surface area contributed by atoms with Crippen molar-refractivity contribution in [2.75, 3.05) is 6.61 Å². The summed E-state index contributed by atoms with van der Waals surface area (Å²) in [4.78, 5) is 12.7. The van der Waals surface area contributed by atoms with Gasteiger partial charge in [0.25, 0.3) is 0 Å². The number of amides is 1. The van der Waals surface area contributed by atoms with Crippen molar-refractivity contribution in [3.05, 3.63) is 0 Å². The predicted molar refractivity (Wildman–Crippen MR) is 73.5 cm³/mol. The molecule has 4 nitrogen and oxygen atoms in total. The third-order valence-corrected chi connectivity index (χ3v) is 6.05. The zero-order chi connectivity index (χ0) is 13.8. The maximum atomic E-state index is 12.7. The zero-order valence-corrected chi connectivity index (χ0v) is 12.2. The summed E-state index contributed by atoms with van der Waals surface area (Å²) in [5, 5.41) is 3.17. The first-order valence-electron chi connectivity index (χ1n) is 7.60. The van der Waals surface area contributed by atoms with Crippen LogP contribution >= 0.6 is 0 Å². The summed E-state index contributed by atoms with van der Waals surface area (Å²) in [5.41, 5.74) is 5.50. The van der Waals surface area contributed by atoms with Crippen LogP contribution < -0.4 is 11.1 Å². The summed E-state index contributed by atoms with van der Waals surface area (Å²) in [7, 11) is 0. The number of hydrogen-bond donors (Lipinski definition) is 2. The van der Waals surface area contributed by atoms with Crippen LogP contribution in [0.5, 0.6) is 0 Å². The van der Waals surface area contributed by atoms with Gasteiger partial charge in [0.1, 0.15) is 5.54 Å². The van der Waals surface area contributed by atoms with E-state index in [2.05, 4.69) is 26.1 Å². The molecule has 3 fully saturated rings. The third-order valence-electron chi connectivity index (χ3n) is 6.05. The van der Waals surface area contributed by atoms with E-state index >= 15 is 0 Å². The maximum absolute atomic E-state index is 12.7. The first-order chi connectivity index (χ1) is 8.89. The lowest BCUT2D eigenvalue weighted by molar-refractivity contribution is -0.176. The average molecular weight is 266 g/mol. The minimum atomic E-state index is -0.758. The largest absolute Gasteiger partial charge is 0.377 e. The molecular weight excluding hydrogens is 240 g/mol. The van der Waals surface area contributed by atoms with E-state index < -0.39 is 5.54 Å². The van der Waals surface area contributed by atoms with E-state index in [1.165, 1.54) is 19.3 Å². The molecule has 0 spiro atoms. The van der Waals surface area contributed by atoms with Crippen molar-refractivity contribution in [3.63, 3.8) is 0 Å². The number of nitrogens with two attached hydrogens (primary N) is 1. The summed E-state index contributed by atoms with van der Waals surface area (Å²) in [6, 6.07) is 0.249. The fourth-order valence-electron chi connectivity index (χ4n) is 4.23. The Balaban J connectivity index is 1.71. The Hall–Kier alpha value is -0.610. The van der Waals surface area contributed by atoms with Crippen molar-refractivity contribution in [1.29, 1.82) is 0 Å². The van der Waals surface area contributed by atoms with Gasteiger partial charge in [-0.05, 0) is 32.1 Å². The van der Waals surface area contributed by atoms with Gasteiger partial charge in [-0.2, -0.15) is 0 Å². The molecule has 0 aromatic carbocycles. The van der Waals surface area contributed by atoms with Crippen LogP contribution in [-0.2, 0) is 9.53 Å². The van der Waals surface area contributed by atoms with E-state index in [1.54, 1.807) is 0 Å². The molecule has 1 saturated heterocycles. The summed E-state index contributed by atoms with van der Waals surface area (Å²) >= 11 is 0. The molecule has 4 heteroatoms. The Morgan fingerprint density at radius 2 is 2.05 bits per heavy atom. The molecule has 108 valence electrons. The van der Waals surface area contributed by atoms with Gasteiger partial charge in [0, 0.05) is 24.0 Å². The minimum absolute atomic E-state index is 0.0312. The fraction of sp³-hybridized carbons (Fsp3) is 0.933. The Labute approximate surface area is 115 Å². The molecule has 1 heterocycles. The topological polar surface area (TPSA) is 64.4 Å². The minimum Gasteiger partial charge on any atom is -0.377 e. The smallest absolute Gasteiger partial charge is 0.241 e. The molecule has 0 aromatic heterocycles. The van der Waals surface area contributed by atoms with Crippen LogP contribution in [-0.4, -0.2) is 30.2 Å². The van der Waals surface area contributed by atoms with E-state index in [0.29, 0.717) is 5.92 Å². The molecular formula is C15H26N2O2. The molecule has 3 rings (SSSR count). The molecule has 1 aliphatic heterocycles. The Bertz CT molecular complexity index is 392. The van der Waals surface area contributed by atoms with Crippen LogP contribution in [0.25, 0.3) is 0 Å². The number of carbonyl (C=O) groups is 1. The summed E-state index contributed by atoms with van der Waals surface area (Å²) in [5.74, 6) is 0.867. The maximum Gasteiger partial charge on any atom is 0.241 e. The van der Waals surface area contributed by atoms with Gasteiger partial charge in [0.05, 0.1) is 6.10 Å². The highest BCUT2D eigenvalue weighted by atomic mass is 16.5. The zero-order valence-electron chi connectivity index (χ0n) is 12.2. The van der Waals surface area contributed by atoms with Gasteiger partial charge in [-0.25, -0.2) is 0 Å². The lowest BCUT2D eigenvalue weighted by atomic mass is 9.48. The Morgan fingerprint density at radius 3 is 2.63 bits per heavy atom. The highest BCUT2D eigenvalue weighted by Crippen LogP contribution is 2.58. The number of hydrogen-bond acceptors (Lipinski definition) is 3. The first kappa shape index (κ1) is 13.4. The van der Waals surface area contributed by atoms with Crippen LogP contribution in [0.3, 0.4) is 0 Å². The molecule has 19 heavy (non-hydrogen) atoms. The Kier molecular flexibility index (Phi) is 2.95. The highest BCUT2D eigenvalue weighted by molar-refractivity contribution is 5.89. The molecule has 2 aliphatic carbocycles. The van der Waals surface area contributed by atoms with Gasteiger partial charge in [-0.1, -0.05) is 20.3 Å². The quantitative estimate of drug-likeness (QED) is 0.812. The van der Waals surface area contributed by atoms with Crippen LogP contribution in [0.4, 0.5) is 0 Å². The van der Waals surface area contributed by atoms with Crippen molar-refractivity contribution in [2.45, 2.75) is 64.1 Å². The number of ether oxygens (including phenoxy) is 1. The van der Waals surface area contributed by atoms with E-state index in [1.807, 2.05) is 0 Å². The van der Waals surface area contributed by atoms with E-state index in [4.69, 9.17) is 10.5 Å². The molecule has 2 saturated carbocycles. The van der Waals surface area contributed by atoms with E-state index in [0.717, 1.165) is 13.0 Å².